The van der Waals surface area contributed by atoms with Crippen molar-refractivity contribution in [3.8, 4) is 0 Å². The molecule has 0 spiro atoms. The molecule has 12 heavy (non-hydrogen) atoms. The summed E-state index contributed by atoms with van der Waals surface area (Å²) >= 11 is 0. The van der Waals surface area contributed by atoms with E-state index in [1.165, 1.54) is 32.1 Å². The van der Waals surface area contributed by atoms with Gasteiger partial charge >= 0.3 is 5.97 Å². The van der Waals surface area contributed by atoms with Crippen molar-refractivity contribution >= 4 is 5.97 Å². The molecule has 1 fully saturated rings. The third kappa shape index (κ3) is 2.84. The van der Waals surface area contributed by atoms with Crippen molar-refractivity contribution in [2.45, 2.75) is 45.4 Å². The monoisotopic (exact) mass is 170 g/mol. The van der Waals surface area contributed by atoms with Gasteiger partial charge in [-0.15, -0.1) is 0 Å². The number of hydrogen-bond acceptors (Lipinski definition) is 1. The fourth-order valence-electron chi connectivity index (χ4n) is 2.15. The van der Waals surface area contributed by atoms with Crippen LogP contribution in [0.4, 0.5) is 0 Å². The Morgan fingerprint density at radius 2 is 2.00 bits per heavy atom. The van der Waals surface area contributed by atoms with E-state index in [4.69, 9.17) is 5.11 Å². The van der Waals surface area contributed by atoms with E-state index in [-0.39, 0.29) is 0 Å². The van der Waals surface area contributed by atoms with E-state index in [2.05, 4.69) is 6.92 Å². The second-order valence-corrected chi connectivity index (χ2v) is 3.97. The summed E-state index contributed by atoms with van der Waals surface area (Å²) in [6.45, 7) is 2.07. The highest BCUT2D eigenvalue weighted by Gasteiger charge is 2.21. The average Bonchev–Trinajstić information content (AvgIpc) is 2.05. The lowest BCUT2D eigenvalue weighted by Gasteiger charge is -2.26. The Kier molecular flexibility index (Phi) is 3.57. The molecule has 0 aliphatic heterocycles. The Labute approximate surface area is 74.0 Å². The molecule has 0 aromatic carbocycles. The fourth-order valence-corrected chi connectivity index (χ4v) is 2.15. The normalized spacial score (nSPS) is 22.1. The quantitative estimate of drug-likeness (QED) is 0.707. The fraction of sp³-hybridized carbons (Fsp3) is 0.900. The van der Waals surface area contributed by atoms with Crippen molar-refractivity contribution in [3.05, 3.63) is 0 Å². The molecular weight excluding hydrogens is 152 g/mol. The van der Waals surface area contributed by atoms with Crippen LogP contribution >= 0.6 is 0 Å². The van der Waals surface area contributed by atoms with Gasteiger partial charge in [0.25, 0.3) is 0 Å². The number of aliphatic carboxylic acids is 1. The average molecular weight is 170 g/mol. The summed E-state index contributed by atoms with van der Waals surface area (Å²) in [4.78, 5) is 10.5. The molecule has 0 heterocycles. The minimum Gasteiger partial charge on any atom is -0.481 e. The van der Waals surface area contributed by atoms with Gasteiger partial charge in [-0.05, 0) is 11.8 Å². The van der Waals surface area contributed by atoms with Crippen molar-refractivity contribution in [1.82, 2.24) is 0 Å². The van der Waals surface area contributed by atoms with Gasteiger partial charge in [-0.2, -0.15) is 0 Å². The Bertz CT molecular complexity index is 148. The molecule has 1 atom stereocenters. The SMILES string of the molecule is C[C@H](CC(=O)O)C1CCCCC1. The summed E-state index contributed by atoms with van der Waals surface area (Å²) in [6, 6.07) is 0. The highest BCUT2D eigenvalue weighted by atomic mass is 16.4. The Balaban J connectivity index is 2.29. The van der Waals surface area contributed by atoms with Gasteiger partial charge in [0.15, 0.2) is 0 Å². The second-order valence-electron chi connectivity index (χ2n) is 3.97. The maximum atomic E-state index is 10.5. The van der Waals surface area contributed by atoms with Crippen LogP contribution in [0, 0.1) is 11.8 Å². The van der Waals surface area contributed by atoms with Crippen LogP contribution < -0.4 is 0 Å². The first-order valence-electron chi connectivity index (χ1n) is 4.92. The van der Waals surface area contributed by atoms with Crippen LogP contribution in [0.15, 0.2) is 0 Å². The van der Waals surface area contributed by atoms with Gasteiger partial charge in [0.1, 0.15) is 0 Å². The largest absolute Gasteiger partial charge is 0.481 e. The first-order valence-corrected chi connectivity index (χ1v) is 4.92. The van der Waals surface area contributed by atoms with Crippen molar-refractivity contribution in [1.29, 1.82) is 0 Å². The maximum absolute atomic E-state index is 10.5. The molecule has 1 N–H and O–H groups in total. The first kappa shape index (κ1) is 9.56. The predicted molar refractivity (Wildman–Crippen MR) is 48.0 cm³/mol. The van der Waals surface area contributed by atoms with Gasteiger partial charge in [0.05, 0.1) is 0 Å². The van der Waals surface area contributed by atoms with Crippen molar-refractivity contribution < 1.29 is 9.90 Å². The van der Waals surface area contributed by atoms with Crippen molar-refractivity contribution in [3.63, 3.8) is 0 Å². The topological polar surface area (TPSA) is 37.3 Å². The third-order valence-corrected chi connectivity index (χ3v) is 2.95. The summed E-state index contributed by atoms with van der Waals surface area (Å²) in [6.07, 6.45) is 6.78. The minimum absolute atomic E-state index is 0.352. The van der Waals surface area contributed by atoms with Crippen LogP contribution in [0.3, 0.4) is 0 Å². The molecule has 1 rings (SSSR count). The maximum Gasteiger partial charge on any atom is 0.303 e. The lowest BCUT2D eigenvalue weighted by molar-refractivity contribution is -0.138. The molecule has 0 aromatic heterocycles. The van der Waals surface area contributed by atoms with Crippen LogP contribution in [0.2, 0.25) is 0 Å². The molecule has 0 unspecified atom stereocenters. The van der Waals surface area contributed by atoms with E-state index in [1.54, 1.807) is 0 Å². The van der Waals surface area contributed by atoms with Crippen molar-refractivity contribution in [2.24, 2.45) is 11.8 Å². The second kappa shape index (κ2) is 4.48. The third-order valence-electron chi connectivity index (χ3n) is 2.95. The molecule has 2 heteroatoms. The molecule has 1 aliphatic carbocycles. The highest BCUT2D eigenvalue weighted by Crippen LogP contribution is 2.31. The smallest absolute Gasteiger partial charge is 0.303 e. The van der Waals surface area contributed by atoms with Crippen LogP contribution in [0.1, 0.15) is 45.4 Å². The van der Waals surface area contributed by atoms with Crippen LogP contribution in [-0.2, 0) is 4.79 Å². The number of rotatable bonds is 3. The molecule has 0 aromatic rings. The summed E-state index contributed by atoms with van der Waals surface area (Å²) in [5.74, 6) is 0.408. The van der Waals surface area contributed by atoms with Gasteiger partial charge in [-0.3, -0.25) is 4.79 Å². The van der Waals surface area contributed by atoms with E-state index in [0.717, 1.165) is 0 Å². The molecule has 1 saturated carbocycles. The lowest BCUT2D eigenvalue weighted by Crippen LogP contribution is -2.18. The zero-order valence-electron chi connectivity index (χ0n) is 7.75. The van der Waals surface area contributed by atoms with Gasteiger partial charge in [0.2, 0.25) is 0 Å². The molecule has 0 saturated heterocycles. The number of carboxylic acid groups (broad SMARTS) is 1. The van der Waals surface area contributed by atoms with Crippen LogP contribution in [0.25, 0.3) is 0 Å². The Morgan fingerprint density at radius 3 is 2.50 bits per heavy atom. The molecule has 1 aliphatic rings. The van der Waals surface area contributed by atoms with Crippen LogP contribution in [0.5, 0.6) is 0 Å². The zero-order chi connectivity index (χ0) is 8.97. The molecular formula is C10H18O2. The highest BCUT2D eigenvalue weighted by molar-refractivity contribution is 5.66. The first-order chi connectivity index (χ1) is 5.70. The molecule has 70 valence electrons. The summed E-state index contributed by atoms with van der Waals surface area (Å²) in [5.41, 5.74) is 0. The Hall–Kier alpha value is -0.530. The number of carboxylic acids is 1. The van der Waals surface area contributed by atoms with Gasteiger partial charge < -0.3 is 5.11 Å². The zero-order valence-corrected chi connectivity index (χ0v) is 7.75. The van der Waals surface area contributed by atoms with Crippen molar-refractivity contribution in [2.75, 3.05) is 0 Å². The van der Waals surface area contributed by atoms with Crippen LogP contribution in [-0.4, -0.2) is 11.1 Å². The van der Waals surface area contributed by atoms with Gasteiger partial charge in [-0.1, -0.05) is 39.0 Å². The van der Waals surface area contributed by atoms with Gasteiger partial charge in [0, 0.05) is 6.42 Å². The van der Waals surface area contributed by atoms with E-state index >= 15 is 0 Å². The molecule has 0 amide bonds. The number of hydrogen-bond donors (Lipinski definition) is 1. The predicted octanol–water partition coefficient (Wildman–Crippen LogP) is 2.68. The molecule has 2 nitrogen and oxygen atoms in total. The van der Waals surface area contributed by atoms with Gasteiger partial charge in [-0.25, -0.2) is 0 Å². The molecule has 0 bridgehead atoms. The summed E-state index contributed by atoms with van der Waals surface area (Å²) < 4.78 is 0. The summed E-state index contributed by atoms with van der Waals surface area (Å²) in [5, 5.41) is 8.61. The Morgan fingerprint density at radius 1 is 1.42 bits per heavy atom. The minimum atomic E-state index is -0.645. The van der Waals surface area contributed by atoms with E-state index < -0.39 is 5.97 Å². The molecule has 0 radical (unpaired) electrons. The van der Waals surface area contributed by atoms with E-state index in [1.807, 2.05) is 0 Å². The lowest BCUT2D eigenvalue weighted by atomic mass is 9.79. The number of carbonyl (C=O) groups is 1. The standard InChI is InChI=1S/C10H18O2/c1-8(7-10(11)12)9-5-3-2-4-6-9/h8-9H,2-7H2,1H3,(H,11,12)/t8-/m1/s1. The summed E-state index contributed by atoms with van der Waals surface area (Å²) in [7, 11) is 0. The van der Waals surface area contributed by atoms with E-state index in [9.17, 15) is 4.79 Å². The van der Waals surface area contributed by atoms with E-state index in [0.29, 0.717) is 18.3 Å².